The van der Waals surface area contributed by atoms with Gasteiger partial charge in [-0.25, -0.2) is 13.4 Å². The van der Waals surface area contributed by atoms with E-state index in [9.17, 15) is 18.3 Å². The molecule has 2 unspecified atom stereocenters. The highest BCUT2D eigenvalue weighted by atomic mass is 32.2. The molecule has 1 aliphatic heterocycles. The molecule has 0 spiro atoms. The lowest BCUT2D eigenvalue weighted by Crippen LogP contribution is -2.72. The Morgan fingerprint density at radius 2 is 1.69 bits per heavy atom. The third-order valence-corrected chi connectivity index (χ3v) is 21.4. The van der Waals surface area contributed by atoms with Gasteiger partial charge in [0.1, 0.15) is 12.0 Å². The van der Waals surface area contributed by atoms with Crippen LogP contribution in [0, 0.1) is 62.1 Å². The van der Waals surface area contributed by atoms with E-state index in [1.54, 1.807) is 17.8 Å². The van der Waals surface area contributed by atoms with Crippen molar-refractivity contribution in [1.29, 1.82) is 0 Å². The molecule has 8 rings (SSSR count). The smallest absolute Gasteiger partial charge is 0.313 e. The summed E-state index contributed by atoms with van der Waals surface area (Å²) in [5.74, 6) is 2.90. The summed E-state index contributed by atoms with van der Waals surface area (Å²) in [4.78, 5) is 19.4. The third kappa shape index (κ3) is 6.57. The highest BCUT2D eigenvalue weighted by Gasteiger charge is 2.75. The van der Waals surface area contributed by atoms with Gasteiger partial charge in [0.05, 0.1) is 11.5 Å². The summed E-state index contributed by atoms with van der Waals surface area (Å²) in [6.07, 6.45) is 20.5. The summed E-state index contributed by atoms with van der Waals surface area (Å²) in [7, 11) is -2.88. The van der Waals surface area contributed by atoms with Crippen LogP contribution in [-0.4, -0.2) is 79.2 Å². The van der Waals surface area contributed by atoms with Crippen molar-refractivity contribution in [2.24, 2.45) is 62.1 Å². The number of ether oxygens (including phenoxy) is 1. The van der Waals surface area contributed by atoms with Crippen LogP contribution in [0.3, 0.4) is 0 Å². The van der Waals surface area contributed by atoms with Crippen LogP contribution in [-0.2, 0) is 14.6 Å². The summed E-state index contributed by atoms with van der Waals surface area (Å²) in [6.45, 7) is 28.1. The van der Waals surface area contributed by atoms with Crippen molar-refractivity contribution in [2.75, 3.05) is 44.3 Å². The molecule has 2 heterocycles. The van der Waals surface area contributed by atoms with Gasteiger partial charge in [0, 0.05) is 44.0 Å². The van der Waals surface area contributed by atoms with Gasteiger partial charge in [0.25, 0.3) is 0 Å². The van der Waals surface area contributed by atoms with Crippen LogP contribution >= 0.6 is 0 Å². The first-order chi connectivity index (χ1) is 27.8. The highest BCUT2D eigenvalue weighted by Crippen LogP contribution is 2.81. The second-order valence-electron chi connectivity index (χ2n) is 22.1. The minimum absolute atomic E-state index is 0.000652. The average molecular weight is 830 g/mol. The van der Waals surface area contributed by atoms with Crippen molar-refractivity contribution in [1.82, 2.24) is 15.2 Å². The first kappa shape index (κ1) is 43.2. The van der Waals surface area contributed by atoms with Gasteiger partial charge in [-0.15, -0.1) is 6.58 Å². The van der Waals surface area contributed by atoms with Gasteiger partial charge in [-0.1, -0.05) is 70.6 Å². The Morgan fingerprint density at radius 3 is 2.34 bits per heavy atom. The predicted molar refractivity (Wildman–Crippen MR) is 237 cm³/mol. The zero-order valence-electron chi connectivity index (χ0n) is 37.3. The molecular weight excluding hydrogens is 755 g/mol. The molecule has 1 aromatic rings. The summed E-state index contributed by atoms with van der Waals surface area (Å²) in [6, 6.07) is 5.52. The van der Waals surface area contributed by atoms with E-state index in [1.165, 1.54) is 56.9 Å². The number of pyridine rings is 1. The lowest BCUT2D eigenvalue weighted by atomic mass is 9.27. The van der Waals surface area contributed by atoms with E-state index in [1.807, 2.05) is 12.1 Å². The van der Waals surface area contributed by atoms with Gasteiger partial charge in [0.2, 0.25) is 5.88 Å². The van der Waals surface area contributed by atoms with Gasteiger partial charge in [-0.3, -0.25) is 4.79 Å². The maximum Gasteiger partial charge on any atom is 0.313 e. The fourth-order valence-electron chi connectivity index (χ4n) is 16.4. The molecular formula is C50H75N3O5S. The van der Waals surface area contributed by atoms with Crippen molar-refractivity contribution in [2.45, 2.75) is 131 Å². The quantitative estimate of drug-likeness (QED) is 0.213. The van der Waals surface area contributed by atoms with Crippen LogP contribution in [0.1, 0.15) is 125 Å². The van der Waals surface area contributed by atoms with E-state index in [2.05, 4.69) is 75.5 Å². The molecule has 59 heavy (non-hydrogen) atoms. The number of hydrogen-bond acceptors (Lipinski definition) is 7. The Bertz CT molecular complexity index is 1920. The molecule has 2 N–H and O–H groups in total. The number of sulfone groups is 1. The molecule has 0 radical (unpaired) electrons. The molecule has 9 atom stereocenters. The number of hydrogen-bond donors (Lipinski definition) is 2. The molecule has 5 saturated carbocycles. The molecule has 7 aliphatic rings. The van der Waals surface area contributed by atoms with Crippen molar-refractivity contribution >= 4 is 15.8 Å². The van der Waals surface area contributed by atoms with Gasteiger partial charge < -0.3 is 20.1 Å². The van der Waals surface area contributed by atoms with Gasteiger partial charge in [0.15, 0.2) is 9.84 Å². The zero-order chi connectivity index (χ0) is 42.3. The summed E-state index contributed by atoms with van der Waals surface area (Å²) in [5.41, 5.74) is 2.47. The second-order valence-corrected chi connectivity index (χ2v) is 24.4. The minimum Gasteiger partial charge on any atom is -0.481 e. The van der Waals surface area contributed by atoms with Gasteiger partial charge in [-0.2, -0.15) is 0 Å². The molecule has 0 aromatic carbocycles. The van der Waals surface area contributed by atoms with E-state index < -0.39 is 21.2 Å². The molecule has 6 fully saturated rings. The van der Waals surface area contributed by atoms with Crippen molar-refractivity contribution in [3.63, 3.8) is 0 Å². The van der Waals surface area contributed by atoms with Crippen molar-refractivity contribution in [3.05, 3.63) is 60.9 Å². The summed E-state index contributed by atoms with van der Waals surface area (Å²) < 4.78 is 30.2. The number of rotatable bonds is 11. The number of nitrogens with one attached hydrogen (secondary N) is 1. The number of nitrogens with zero attached hydrogens (tertiary/aromatic N) is 2. The maximum atomic E-state index is 12.8. The Morgan fingerprint density at radius 1 is 0.966 bits per heavy atom. The van der Waals surface area contributed by atoms with Gasteiger partial charge >= 0.3 is 5.97 Å². The Balaban J connectivity index is 1.03. The topological polar surface area (TPSA) is 109 Å². The molecule has 326 valence electrons. The largest absolute Gasteiger partial charge is 0.481 e. The molecule has 0 bridgehead atoms. The monoisotopic (exact) mass is 830 g/mol. The standard InChI is InChI=1S/C50H75N3O5S/c1-9-50-24-17-39-42-37(35(2)3)15-23-49(42,52-28-29-53-30-32-59(56,57)33-31-53)26-25-45(39,6)47(50,8)20-18-40-44(4,5)38(16-19-46(40,50)7)36-13-21-48(22-14-36,43(54)55)34-58-41-12-10-11-27-51-41/h9-12,16,27,36-37,39-40,42,52H,1-2,13-15,17-26,28-34H2,3-8H3,(H,54,55)/t36?,37-,39+,40?,42?,45+,46-,47-,48?,49-,50+/m0/s1. The van der Waals surface area contributed by atoms with Crippen LogP contribution in [0.2, 0.25) is 0 Å². The number of fused-ring (bicyclic) bond motifs is 7. The lowest BCUT2D eigenvalue weighted by Gasteiger charge is -2.77. The van der Waals surface area contributed by atoms with E-state index in [-0.39, 0.29) is 50.7 Å². The number of allylic oxidation sites excluding steroid dienone is 4. The molecule has 6 aliphatic carbocycles. The maximum absolute atomic E-state index is 12.8. The fourth-order valence-corrected chi connectivity index (χ4v) is 17.6. The highest BCUT2D eigenvalue weighted by molar-refractivity contribution is 7.91. The molecule has 1 saturated heterocycles. The summed E-state index contributed by atoms with van der Waals surface area (Å²) >= 11 is 0. The van der Waals surface area contributed by atoms with Crippen LogP contribution < -0.4 is 10.1 Å². The summed E-state index contributed by atoms with van der Waals surface area (Å²) in [5, 5.41) is 14.7. The SMILES string of the molecule is C=C[C@]12CC[C@@H]3C4[C@H](C(=C)C)CC[C@]4(NCCN4CCS(=O)(=O)CC4)CC[C@@]3(C)[C@]1(C)CCC1C(C)(C)C(C3CCC(COc4ccccn4)(C(=O)O)CC3)=CC[C@@]12C. The zero-order valence-corrected chi connectivity index (χ0v) is 38.1. The molecule has 0 amide bonds. The van der Waals surface area contributed by atoms with E-state index in [0.29, 0.717) is 61.4 Å². The van der Waals surface area contributed by atoms with Crippen LogP contribution in [0.25, 0.3) is 0 Å². The minimum atomic E-state index is -2.88. The average Bonchev–Trinajstić information content (AvgIpc) is 3.58. The fraction of sp³-hybridized carbons (Fsp3) is 0.760. The van der Waals surface area contributed by atoms with E-state index >= 15 is 0 Å². The van der Waals surface area contributed by atoms with Crippen molar-refractivity contribution < 1.29 is 23.1 Å². The first-order valence-corrected chi connectivity index (χ1v) is 25.1. The number of carbonyl (C=O) groups is 1. The Kier molecular flexibility index (Phi) is 11.0. The predicted octanol–water partition coefficient (Wildman–Crippen LogP) is 9.54. The normalized spacial score (nSPS) is 43.8. The second kappa shape index (κ2) is 15.1. The van der Waals surface area contributed by atoms with Crippen LogP contribution in [0.15, 0.2) is 60.9 Å². The molecule has 9 heteroatoms. The number of carboxylic acid groups (broad SMARTS) is 1. The number of aliphatic carboxylic acids is 1. The molecule has 8 nitrogen and oxygen atoms in total. The van der Waals surface area contributed by atoms with Crippen molar-refractivity contribution in [3.8, 4) is 5.88 Å². The van der Waals surface area contributed by atoms with E-state index in [4.69, 9.17) is 11.3 Å². The lowest BCUT2D eigenvalue weighted by molar-refractivity contribution is -0.257. The third-order valence-electron chi connectivity index (χ3n) is 19.8. The molecule has 1 aromatic heterocycles. The Hall–Kier alpha value is -2.49. The van der Waals surface area contributed by atoms with Crippen LogP contribution in [0.5, 0.6) is 5.88 Å². The van der Waals surface area contributed by atoms with E-state index in [0.717, 1.165) is 32.4 Å². The van der Waals surface area contributed by atoms with Gasteiger partial charge in [-0.05, 0) is 153 Å². The number of aromatic nitrogens is 1. The van der Waals surface area contributed by atoms with Crippen LogP contribution in [0.4, 0.5) is 0 Å². The first-order valence-electron chi connectivity index (χ1n) is 23.3. The Labute approximate surface area is 356 Å². The number of carboxylic acids is 1.